The third-order valence-electron chi connectivity index (χ3n) is 9.28. The molecule has 1 aliphatic rings. The number of hydrazone groups is 1. The number of rotatable bonds is 8. The van der Waals surface area contributed by atoms with Gasteiger partial charge in [-0.05, 0) is 120 Å². The van der Waals surface area contributed by atoms with Gasteiger partial charge in [-0.3, -0.25) is 0 Å². The van der Waals surface area contributed by atoms with E-state index in [4.69, 9.17) is 5.10 Å². The first-order chi connectivity index (χ1) is 22.9. The first-order valence-corrected chi connectivity index (χ1v) is 16.2. The van der Waals surface area contributed by atoms with E-state index in [1.54, 1.807) is 0 Å². The number of hydrogen-bond acceptors (Lipinski definition) is 3. The predicted octanol–water partition coefficient (Wildman–Crippen LogP) is 11.9. The van der Waals surface area contributed by atoms with Crippen molar-refractivity contribution >= 4 is 40.7 Å². The van der Waals surface area contributed by atoms with Crippen LogP contribution in [0.3, 0.4) is 0 Å². The SMILES string of the molecule is Cc1ccc(N(c2ccc(/C=C/C=N/N(c3ccccc3)c3ccccc3)cc2)c2ccc3c(c2)C(C)(C)c2ccccc2-3)cc1C. The number of para-hydroxylation sites is 2. The molecule has 0 atom stereocenters. The van der Waals surface area contributed by atoms with Crippen molar-refractivity contribution in [3.05, 3.63) is 179 Å². The highest BCUT2D eigenvalue weighted by Crippen LogP contribution is 2.50. The molecule has 0 radical (unpaired) electrons. The number of anilines is 5. The lowest BCUT2D eigenvalue weighted by atomic mass is 9.82. The first kappa shape index (κ1) is 30.0. The molecule has 0 fully saturated rings. The van der Waals surface area contributed by atoms with Gasteiger partial charge in [0.1, 0.15) is 0 Å². The minimum Gasteiger partial charge on any atom is -0.310 e. The van der Waals surface area contributed by atoms with Gasteiger partial charge in [0.15, 0.2) is 0 Å². The Labute approximate surface area is 278 Å². The standard InChI is InChI=1S/C44H39N3/c1-32-21-24-38(30-33(32)2)46(39-27-28-41-40-19-11-12-20-42(40)44(3,4)43(41)31-39)35-25-22-34(23-26-35)14-13-29-45-47(36-15-7-5-8-16-36)37-17-9-6-10-18-37/h5-31H,1-4H3/b14-13+,45-29+. The fourth-order valence-corrected chi connectivity index (χ4v) is 6.56. The molecule has 0 unspecified atom stereocenters. The molecule has 0 heterocycles. The van der Waals surface area contributed by atoms with E-state index in [1.807, 2.05) is 53.7 Å². The van der Waals surface area contributed by atoms with Crippen LogP contribution in [0.15, 0.2) is 157 Å². The molecule has 3 nitrogen and oxygen atoms in total. The average molecular weight is 610 g/mol. The van der Waals surface area contributed by atoms with Gasteiger partial charge < -0.3 is 4.90 Å². The normalized spacial score (nSPS) is 13.1. The third kappa shape index (κ3) is 5.89. The molecule has 0 amide bonds. The van der Waals surface area contributed by atoms with Crippen LogP contribution >= 0.6 is 0 Å². The largest absolute Gasteiger partial charge is 0.310 e. The lowest BCUT2D eigenvalue weighted by Gasteiger charge is -2.28. The zero-order chi connectivity index (χ0) is 32.4. The second kappa shape index (κ2) is 12.6. The number of nitrogens with zero attached hydrogens (tertiary/aromatic N) is 3. The number of allylic oxidation sites excluding steroid dienone is 1. The summed E-state index contributed by atoms with van der Waals surface area (Å²) >= 11 is 0. The highest BCUT2D eigenvalue weighted by atomic mass is 15.5. The van der Waals surface area contributed by atoms with Gasteiger partial charge in [-0.25, -0.2) is 5.01 Å². The van der Waals surface area contributed by atoms with Gasteiger partial charge in [0.2, 0.25) is 0 Å². The van der Waals surface area contributed by atoms with Gasteiger partial charge in [0.05, 0.1) is 11.4 Å². The minimum atomic E-state index is -0.0659. The summed E-state index contributed by atoms with van der Waals surface area (Å²) in [6.45, 7) is 9.03. The van der Waals surface area contributed by atoms with Crippen LogP contribution in [0, 0.1) is 13.8 Å². The first-order valence-electron chi connectivity index (χ1n) is 16.2. The summed E-state index contributed by atoms with van der Waals surface area (Å²) in [5, 5.41) is 6.74. The molecule has 47 heavy (non-hydrogen) atoms. The molecule has 1 aliphatic carbocycles. The summed E-state index contributed by atoms with van der Waals surface area (Å²) in [6, 6.07) is 51.7. The van der Waals surface area contributed by atoms with E-state index in [-0.39, 0.29) is 5.41 Å². The van der Waals surface area contributed by atoms with E-state index in [0.29, 0.717) is 0 Å². The molecule has 6 aromatic rings. The van der Waals surface area contributed by atoms with Crippen molar-refractivity contribution in [2.75, 3.05) is 9.91 Å². The maximum atomic E-state index is 4.79. The van der Waals surface area contributed by atoms with E-state index < -0.39 is 0 Å². The van der Waals surface area contributed by atoms with Crippen LogP contribution in [0.5, 0.6) is 0 Å². The van der Waals surface area contributed by atoms with Gasteiger partial charge in [-0.2, -0.15) is 5.10 Å². The summed E-state index contributed by atoms with van der Waals surface area (Å²) in [7, 11) is 0. The lowest BCUT2D eigenvalue weighted by Crippen LogP contribution is -2.16. The predicted molar refractivity (Wildman–Crippen MR) is 201 cm³/mol. The van der Waals surface area contributed by atoms with Crippen LogP contribution in [0.4, 0.5) is 28.4 Å². The van der Waals surface area contributed by atoms with Crippen LogP contribution in [-0.2, 0) is 5.41 Å². The Morgan fingerprint density at radius 3 is 1.77 bits per heavy atom. The topological polar surface area (TPSA) is 18.8 Å². The van der Waals surface area contributed by atoms with Gasteiger partial charge in [-0.15, -0.1) is 0 Å². The lowest BCUT2D eigenvalue weighted by molar-refractivity contribution is 0.660. The summed E-state index contributed by atoms with van der Waals surface area (Å²) < 4.78 is 0. The molecule has 7 rings (SSSR count). The Balaban J connectivity index is 1.19. The smallest absolute Gasteiger partial charge is 0.0652 e. The Morgan fingerprint density at radius 1 is 0.511 bits per heavy atom. The molecule has 6 aromatic carbocycles. The van der Waals surface area contributed by atoms with E-state index in [2.05, 4.69) is 148 Å². The van der Waals surface area contributed by atoms with Crippen molar-refractivity contribution < 1.29 is 0 Å². The maximum Gasteiger partial charge on any atom is 0.0652 e. The Hall–Kier alpha value is -5.67. The Bertz CT molecular complexity index is 2030. The van der Waals surface area contributed by atoms with Crippen molar-refractivity contribution in [2.45, 2.75) is 33.1 Å². The quantitative estimate of drug-likeness (QED) is 0.126. The van der Waals surface area contributed by atoms with E-state index in [9.17, 15) is 0 Å². The Kier molecular flexibility index (Phi) is 8.05. The Morgan fingerprint density at radius 2 is 1.09 bits per heavy atom. The number of benzene rings is 6. The molecule has 0 saturated heterocycles. The van der Waals surface area contributed by atoms with Gasteiger partial charge in [0.25, 0.3) is 0 Å². The highest BCUT2D eigenvalue weighted by Gasteiger charge is 2.35. The van der Waals surface area contributed by atoms with E-state index in [0.717, 1.165) is 34.0 Å². The van der Waals surface area contributed by atoms with Crippen LogP contribution in [0.1, 0.15) is 41.7 Å². The molecule has 0 spiro atoms. The average Bonchev–Trinajstić information content (AvgIpc) is 3.33. The fourth-order valence-electron chi connectivity index (χ4n) is 6.56. The molecule has 0 bridgehead atoms. The molecular weight excluding hydrogens is 571 g/mol. The van der Waals surface area contributed by atoms with Gasteiger partial charge in [0, 0.05) is 28.7 Å². The second-order valence-electron chi connectivity index (χ2n) is 12.7. The molecule has 0 aromatic heterocycles. The van der Waals surface area contributed by atoms with Crippen molar-refractivity contribution in [1.82, 2.24) is 0 Å². The molecular formula is C44H39N3. The third-order valence-corrected chi connectivity index (χ3v) is 9.28. The van der Waals surface area contributed by atoms with E-state index in [1.165, 1.54) is 33.4 Å². The van der Waals surface area contributed by atoms with Crippen molar-refractivity contribution in [2.24, 2.45) is 5.10 Å². The minimum absolute atomic E-state index is 0.0659. The van der Waals surface area contributed by atoms with Crippen LogP contribution < -0.4 is 9.91 Å². The molecule has 0 N–H and O–H groups in total. The van der Waals surface area contributed by atoms with Crippen molar-refractivity contribution in [3.63, 3.8) is 0 Å². The summed E-state index contributed by atoms with van der Waals surface area (Å²) in [6.07, 6.45) is 5.94. The van der Waals surface area contributed by atoms with Crippen molar-refractivity contribution in [1.29, 1.82) is 0 Å². The molecule has 0 saturated carbocycles. The maximum absolute atomic E-state index is 4.79. The van der Waals surface area contributed by atoms with Crippen LogP contribution in [-0.4, -0.2) is 6.21 Å². The van der Waals surface area contributed by atoms with Crippen LogP contribution in [0.25, 0.3) is 17.2 Å². The monoisotopic (exact) mass is 609 g/mol. The number of aryl methyl sites for hydroxylation is 2. The zero-order valence-corrected chi connectivity index (χ0v) is 27.4. The number of hydrogen-bond donors (Lipinski definition) is 0. The number of fused-ring (bicyclic) bond motifs is 3. The fraction of sp³-hybridized carbons (Fsp3) is 0.114. The summed E-state index contributed by atoms with van der Waals surface area (Å²) in [5.41, 5.74) is 14.5. The van der Waals surface area contributed by atoms with Gasteiger partial charge in [-0.1, -0.05) is 105 Å². The molecule has 0 aliphatic heterocycles. The highest BCUT2D eigenvalue weighted by molar-refractivity contribution is 5.86. The molecule has 3 heteroatoms. The zero-order valence-electron chi connectivity index (χ0n) is 27.4. The second-order valence-corrected chi connectivity index (χ2v) is 12.7. The van der Waals surface area contributed by atoms with Crippen LogP contribution in [0.2, 0.25) is 0 Å². The summed E-state index contributed by atoms with van der Waals surface area (Å²) in [5.74, 6) is 0. The summed E-state index contributed by atoms with van der Waals surface area (Å²) in [4.78, 5) is 2.37. The van der Waals surface area contributed by atoms with E-state index >= 15 is 0 Å². The van der Waals surface area contributed by atoms with Gasteiger partial charge >= 0.3 is 0 Å². The van der Waals surface area contributed by atoms with Crippen molar-refractivity contribution in [3.8, 4) is 11.1 Å². The molecule has 230 valence electrons.